The quantitative estimate of drug-likeness (QED) is 0.529. The van der Waals surface area contributed by atoms with Gasteiger partial charge in [0.05, 0.1) is 16.6 Å². The summed E-state index contributed by atoms with van der Waals surface area (Å²) < 4.78 is 1.71. The largest absolute Gasteiger partial charge is 0.268 e. The zero-order valence-electron chi connectivity index (χ0n) is 13.1. The zero-order valence-corrected chi connectivity index (χ0v) is 13.1. The molecule has 1 heterocycles. The predicted octanol–water partition coefficient (Wildman–Crippen LogP) is 4.16. The molecule has 0 N–H and O–H groups in total. The molecule has 112 valence electrons. The van der Waals surface area contributed by atoms with Crippen molar-refractivity contribution in [2.24, 2.45) is 0 Å². The highest BCUT2D eigenvalue weighted by Gasteiger charge is 2.12. The van der Waals surface area contributed by atoms with Crippen molar-refractivity contribution in [3.05, 3.63) is 82.4 Å². The Balaban J connectivity index is 2.13. The lowest BCUT2D eigenvalue weighted by molar-refractivity contribution is 0.901. The highest BCUT2D eigenvalue weighted by molar-refractivity contribution is 5.90. The molecule has 3 heteroatoms. The Kier molecular flexibility index (Phi) is 3.01. The lowest BCUT2D eigenvalue weighted by Gasteiger charge is -2.13. The van der Waals surface area contributed by atoms with Gasteiger partial charge < -0.3 is 0 Å². The van der Waals surface area contributed by atoms with Gasteiger partial charge in [-0.15, -0.1) is 0 Å². The lowest BCUT2D eigenvalue weighted by atomic mass is 10.1. The van der Waals surface area contributed by atoms with Gasteiger partial charge in [0.1, 0.15) is 5.82 Å². The maximum atomic E-state index is 13.0. The Morgan fingerprint density at radius 2 is 1.65 bits per heavy atom. The van der Waals surface area contributed by atoms with Crippen LogP contribution in [0.15, 0.2) is 65.5 Å². The third-order valence-corrected chi connectivity index (χ3v) is 4.20. The number of rotatable bonds is 1. The number of aryl methyl sites for hydroxylation is 2. The van der Waals surface area contributed by atoms with Crippen molar-refractivity contribution in [3.8, 4) is 5.69 Å². The number of nitrogens with zero attached hydrogens (tertiary/aromatic N) is 2. The fourth-order valence-corrected chi connectivity index (χ4v) is 3.09. The van der Waals surface area contributed by atoms with E-state index in [0.29, 0.717) is 11.2 Å². The average molecular weight is 300 g/mol. The maximum absolute atomic E-state index is 13.0. The van der Waals surface area contributed by atoms with E-state index in [1.54, 1.807) is 4.57 Å². The van der Waals surface area contributed by atoms with Gasteiger partial charge in [0.25, 0.3) is 5.56 Å². The summed E-state index contributed by atoms with van der Waals surface area (Å²) in [7, 11) is 0. The van der Waals surface area contributed by atoms with Crippen molar-refractivity contribution < 1.29 is 0 Å². The predicted molar refractivity (Wildman–Crippen MR) is 94.3 cm³/mol. The first-order chi connectivity index (χ1) is 11.1. The van der Waals surface area contributed by atoms with Gasteiger partial charge in [-0.05, 0) is 43.0 Å². The maximum Gasteiger partial charge on any atom is 0.265 e. The molecule has 0 aliphatic heterocycles. The van der Waals surface area contributed by atoms with E-state index in [9.17, 15) is 4.79 Å². The molecule has 0 aliphatic carbocycles. The third kappa shape index (κ3) is 2.13. The Morgan fingerprint density at radius 1 is 0.870 bits per heavy atom. The van der Waals surface area contributed by atoms with Crippen molar-refractivity contribution in [1.29, 1.82) is 0 Å². The van der Waals surface area contributed by atoms with E-state index in [0.717, 1.165) is 27.5 Å². The van der Waals surface area contributed by atoms with Crippen LogP contribution in [0.3, 0.4) is 0 Å². The van der Waals surface area contributed by atoms with Crippen LogP contribution in [0.2, 0.25) is 0 Å². The molecule has 4 aromatic rings. The Hall–Kier alpha value is -2.94. The standard InChI is InChI=1S/C20H16N2O/c1-13-10-11-17-18(12-13)21-14(2)22(20(17)23)19-9-5-7-15-6-3-4-8-16(15)19/h3-12H,1-2H3. The van der Waals surface area contributed by atoms with Crippen LogP contribution in [0.25, 0.3) is 27.4 Å². The first-order valence-electron chi connectivity index (χ1n) is 7.63. The van der Waals surface area contributed by atoms with Gasteiger partial charge in [0.15, 0.2) is 0 Å². The van der Waals surface area contributed by atoms with Crippen LogP contribution in [0.1, 0.15) is 11.4 Å². The summed E-state index contributed by atoms with van der Waals surface area (Å²) in [6.45, 7) is 3.89. The number of hydrogen-bond donors (Lipinski definition) is 0. The molecule has 4 rings (SSSR count). The number of aromatic nitrogens is 2. The second-order valence-electron chi connectivity index (χ2n) is 5.82. The van der Waals surface area contributed by atoms with E-state index < -0.39 is 0 Å². The second kappa shape index (κ2) is 5.06. The van der Waals surface area contributed by atoms with E-state index in [-0.39, 0.29) is 5.56 Å². The van der Waals surface area contributed by atoms with Crippen molar-refractivity contribution in [3.63, 3.8) is 0 Å². The highest BCUT2D eigenvalue weighted by Crippen LogP contribution is 2.22. The second-order valence-corrected chi connectivity index (χ2v) is 5.82. The van der Waals surface area contributed by atoms with E-state index in [1.807, 2.05) is 62.4 Å². The normalized spacial score (nSPS) is 11.2. The van der Waals surface area contributed by atoms with Crippen molar-refractivity contribution in [2.45, 2.75) is 13.8 Å². The molecule has 1 aromatic heterocycles. The van der Waals surface area contributed by atoms with Crippen molar-refractivity contribution in [1.82, 2.24) is 9.55 Å². The monoisotopic (exact) mass is 300 g/mol. The molecule has 0 spiro atoms. The Morgan fingerprint density at radius 3 is 2.52 bits per heavy atom. The van der Waals surface area contributed by atoms with Gasteiger partial charge in [0, 0.05) is 5.39 Å². The molecule has 0 atom stereocenters. The van der Waals surface area contributed by atoms with E-state index in [2.05, 4.69) is 17.1 Å². The molecule has 0 amide bonds. The van der Waals surface area contributed by atoms with Gasteiger partial charge in [-0.1, -0.05) is 42.5 Å². The van der Waals surface area contributed by atoms with Crippen LogP contribution in [0.5, 0.6) is 0 Å². The minimum atomic E-state index is -0.0242. The molecule has 3 nitrogen and oxygen atoms in total. The summed E-state index contributed by atoms with van der Waals surface area (Å²) in [5, 5.41) is 2.81. The summed E-state index contributed by atoms with van der Waals surface area (Å²) in [6, 6.07) is 19.9. The van der Waals surface area contributed by atoms with Crippen molar-refractivity contribution in [2.75, 3.05) is 0 Å². The highest BCUT2D eigenvalue weighted by atomic mass is 16.1. The van der Waals surface area contributed by atoms with Crippen LogP contribution in [-0.4, -0.2) is 9.55 Å². The van der Waals surface area contributed by atoms with Crippen LogP contribution in [0, 0.1) is 13.8 Å². The molecule has 0 fully saturated rings. The zero-order chi connectivity index (χ0) is 16.0. The number of hydrogen-bond acceptors (Lipinski definition) is 2. The minimum Gasteiger partial charge on any atom is -0.268 e. The van der Waals surface area contributed by atoms with Crippen LogP contribution in [0.4, 0.5) is 0 Å². The van der Waals surface area contributed by atoms with Gasteiger partial charge >= 0.3 is 0 Å². The Bertz CT molecular complexity index is 1100. The molecule has 0 saturated carbocycles. The average Bonchev–Trinajstić information content (AvgIpc) is 2.54. The molecule has 0 bridgehead atoms. The number of fused-ring (bicyclic) bond motifs is 2. The summed E-state index contributed by atoms with van der Waals surface area (Å²) in [6.07, 6.45) is 0. The molecule has 3 aromatic carbocycles. The van der Waals surface area contributed by atoms with Gasteiger partial charge in [-0.25, -0.2) is 4.98 Å². The third-order valence-electron chi connectivity index (χ3n) is 4.20. The molecule has 23 heavy (non-hydrogen) atoms. The molecule has 0 unspecified atom stereocenters. The molecular weight excluding hydrogens is 284 g/mol. The van der Waals surface area contributed by atoms with Gasteiger partial charge in [-0.3, -0.25) is 9.36 Å². The number of benzene rings is 3. The molecule has 0 radical (unpaired) electrons. The SMILES string of the molecule is Cc1ccc2c(=O)n(-c3cccc4ccccc34)c(C)nc2c1. The smallest absolute Gasteiger partial charge is 0.265 e. The molecule has 0 saturated heterocycles. The lowest BCUT2D eigenvalue weighted by Crippen LogP contribution is -2.22. The molecule has 0 aliphatic rings. The van der Waals surface area contributed by atoms with E-state index >= 15 is 0 Å². The fraction of sp³-hybridized carbons (Fsp3) is 0.100. The van der Waals surface area contributed by atoms with Gasteiger partial charge in [0.2, 0.25) is 0 Å². The topological polar surface area (TPSA) is 34.9 Å². The van der Waals surface area contributed by atoms with Gasteiger partial charge in [-0.2, -0.15) is 0 Å². The first kappa shape index (κ1) is 13.7. The van der Waals surface area contributed by atoms with Crippen LogP contribution >= 0.6 is 0 Å². The van der Waals surface area contributed by atoms with Crippen molar-refractivity contribution >= 4 is 21.7 Å². The van der Waals surface area contributed by atoms with Crippen LogP contribution < -0.4 is 5.56 Å². The summed E-state index contributed by atoms with van der Waals surface area (Å²) in [5.74, 6) is 0.699. The van der Waals surface area contributed by atoms with E-state index in [1.165, 1.54) is 0 Å². The fourth-order valence-electron chi connectivity index (χ4n) is 3.09. The summed E-state index contributed by atoms with van der Waals surface area (Å²) in [5.41, 5.74) is 2.71. The van der Waals surface area contributed by atoms with E-state index in [4.69, 9.17) is 0 Å². The molecular formula is C20H16N2O. The summed E-state index contributed by atoms with van der Waals surface area (Å²) >= 11 is 0. The summed E-state index contributed by atoms with van der Waals surface area (Å²) in [4.78, 5) is 17.7. The van der Waals surface area contributed by atoms with Crippen LogP contribution in [-0.2, 0) is 0 Å². The Labute approximate surface area is 133 Å². The minimum absolute atomic E-state index is 0.0242. The first-order valence-corrected chi connectivity index (χ1v) is 7.63.